The summed E-state index contributed by atoms with van der Waals surface area (Å²) in [6.07, 6.45) is 13.4. The molecular weight excluding hydrogens is 921 g/mol. The number of hydrogen-bond acceptors (Lipinski definition) is 10. The highest BCUT2D eigenvalue weighted by Crippen LogP contribution is 2.22. The number of amides is 2. The van der Waals surface area contributed by atoms with Gasteiger partial charge in [0.25, 0.3) is 0 Å². The van der Waals surface area contributed by atoms with Crippen LogP contribution in [0.15, 0.2) is 121 Å². The number of nitrogens with one attached hydrogen (secondary N) is 2. The standard InChI is InChI=1S/C56H70N4O12/c1-3-5-9-19-41-27-31-59(29-17-15-25-49(53(65)66)57-55(69)71-39-43-21-11-7-12-22-43)47(33-41)35-45(37-51(61)62)46(38-52(63)64)36-48-34-42(20-10-6-4-2)28-32-60(48)30-18-16-26-50(54(67)68)58-56(70)72-40-44-23-13-8-14-24-44/h7-8,11-14,21-24,27-28,31-34,37-38,49-50H,3-6,9-10,15-20,25-26,29-30,35-36,39-40H2,1-2H3,(H4-2,57,58,61,62,63,64,65,66,67,68,69,70)/b45-37-,46-38-/t49-,50-/m1/s1. The smallest absolute Gasteiger partial charge is 0.408 e. The van der Waals surface area contributed by atoms with Gasteiger partial charge in [-0.2, -0.15) is 0 Å². The first-order valence-electron chi connectivity index (χ1n) is 25.0. The van der Waals surface area contributed by atoms with E-state index in [9.17, 15) is 49.2 Å². The van der Waals surface area contributed by atoms with Crippen molar-refractivity contribution in [3.05, 3.63) is 154 Å². The van der Waals surface area contributed by atoms with Crippen molar-refractivity contribution in [1.29, 1.82) is 0 Å². The minimum atomic E-state index is -1.51. The van der Waals surface area contributed by atoms with Crippen LogP contribution < -0.4 is 30.0 Å². The van der Waals surface area contributed by atoms with Gasteiger partial charge in [-0.15, -0.1) is 0 Å². The van der Waals surface area contributed by atoms with Gasteiger partial charge in [0.2, 0.25) is 0 Å². The molecule has 4 N–H and O–H groups in total. The lowest BCUT2D eigenvalue weighted by Gasteiger charge is -2.16. The monoisotopic (exact) mass is 990 g/mol. The van der Waals surface area contributed by atoms with Crippen LogP contribution in [0.25, 0.3) is 0 Å². The van der Waals surface area contributed by atoms with Crippen molar-refractivity contribution >= 4 is 36.1 Å². The number of carbonyl (C=O) groups excluding carboxylic acids is 4. The van der Waals surface area contributed by atoms with Crippen molar-refractivity contribution in [2.45, 2.75) is 155 Å². The fourth-order valence-corrected chi connectivity index (χ4v) is 8.24. The Morgan fingerprint density at radius 2 is 0.931 bits per heavy atom. The summed E-state index contributed by atoms with van der Waals surface area (Å²) in [5.74, 6) is -5.43. The molecule has 0 radical (unpaired) electrons. The van der Waals surface area contributed by atoms with E-state index in [-0.39, 0.29) is 50.0 Å². The SMILES string of the molecule is CCCCCc1cc[n+](CCCC[C@@H](NC(=O)OCc2ccccc2)C(=O)O)c(CC(=C/C(=O)[O-])/C(=C\C(=O)[O-])Cc2cc(CCCCC)cc[n+]2CCCC[C@@H](NC(=O)OCc2ccccc2)C(=O)O)c1. The molecule has 2 amide bonds. The maximum Gasteiger partial charge on any atom is 0.408 e. The van der Waals surface area contributed by atoms with E-state index in [2.05, 4.69) is 24.5 Å². The highest BCUT2D eigenvalue weighted by molar-refractivity contribution is 5.83. The fourth-order valence-electron chi connectivity index (χ4n) is 8.24. The molecule has 0 aliphatic carbocycles. The molecule has 0 saturated heterocycles. The number of hydrogen-bond donors (Lipinski definition) is 4. The number of benzene rings is 2. The first kappa shape index (κ1) is 57.2. The molecule has 2 aromatic heterocycles. The lowest BCUT2D eigenvalue weighted by Crippen LogP contribution is -2.42. The van der Waals surface area contributed by atoms with Crippen molar-refractivity contribution in [2.24, 2.45) is 0 Å². The van der Waals surface area contributed by atoms with E-state index in [4.69, 9.17) is 9.47 Å². The molecule has 2 heterocycles. The molecule has 4 aromatic rings. The van der Waals surface area contributed by atoms with Gasteiger partial charge < -0.3 is 50.1 Å². The molecule has 0 saturated carbocycles. The van der Waals surface area contributed by atoms with Crippen molar-refractivity contribution in [3.63, 3.8) is 0 Å². The van der Waals surface area contributed by atoms with Crippen molar-refractivity contribution in [1.82, 2.24) is 10.6 Å². The molecule has 0 unspecified atom stereocenters. The van der Waals surface area contributed by atoms with Gasteiger partial charge in [0.15, 0.2) is 23.8 Å². The Hall–Kier alpha value is -7.36. The van der Waals surface area contributed by atoms with E-state index in [0.29, 0.717) is 50.2 Å². The molecule has 72 heavy (non-hydrogen) atoms. The number of rotatable bonds is 33. The second-order valence-corrected chi connectivity index (χ2v) is 17.9. The number of carboxylic acid groups (broad SMARTS) is 4. The third-order valence-corrected chi connectivity index (χ3v) is 12.1. The Kier molecular flexibility index (Phi) is 25.3. The fraction of sp³-hybridized carbons (Fsp3) is 0.429. The second-order valence-electron chi connectivity index (χ2n) is 17.9. The molecule has 2 aromatic carbocycles. The van der Waals surface area contributed by atoms with Crippen LogP contribution in [-0.2, 0) is 80.6 Å². The summed E-state index contributed by atoms with van der Waals surface area (Å²) < 4.78 is 14.4. The highest BCUT2D eigenvalue weighted by Gasteiger charge is 2.24. The van der Waals surface area contributed by atoms with Gasteiger partial charge in [-0.1, -0.05) is 100 Å². The number of carbonyl (C=O) groups is 6. The topological polar surface area (TPSA) is 239 Å². The average molecular weight is 991 g/mol. The summed E-state index contributed by atoms with van der Waals surface area (Å²) in [7, 11) is 0. The number of nitrogens with zero attached hydrogens (tertiary/aromatic N) is 2. The quantitative estimate of drug-likeness (QED) is 0.0187. The van der Waals surface area contributed by atoms with Crippen LogP contribution in [0, 0.1) is 0 Å². The molecule has 0 bridgehead atoms. The summed E-state index contributed by atoms with van der Waals surface area (Å²) in [5, 5.41) is 49.6. The summed E-state index contributed by atoms with van der Waals surface area (Å²) in [5.41, 5.74) is 5.33. The van der Waals surface area contributed by atoms with Crippen LogP contribution in [-0.4, -0.2) is 58.4 Å². The largest absolute Gasteiger partial charge is 0.545 e. The first-order valence-corrected chi connectivity index (χ1v) is 25.0. The Bertz CT molecular complexity index is 2270. The zero-order valence-corrected chi connectivity index (χ0v) is 41.6. The maximum absolute atomic E-state index is 12.5. The van der Waals surface area contributed by atoms with Crippen LogP contribution in [0.5, 0.6) is 0 Å². The average Bonchev–Trinajstić information content (AvgIpc) is 3.35. The van der Waals surface area contributed by atoms with Crippen LogP contribution >= 0.6 is 0 Å². The molecule has 0 aliphatic heterocycles. The minimum Gasteiger partial charge on any atom is -0.545 e. The second kappa shape index (κ2) is 31.8. The molecular formula is C56H70N4O12. The zero-order valence-electron chi connectivity index (χ0n) is 41.6. The normalized spacial score (nSPS) is 12.4. The van der Waals surface area contributed by atoms with E-state index >= 15 is 0 Å². The molecule has 2 atom stereocenters. The van der Waals surface area contributed by atoms with E-state index in [1.54, 1.807) is 48.5 Å². The molecule has 0 fully saturated rings. The van der Waals surface area contributed by atoms with Crippen LogP contribution in [0.4, 0.5) is 9.59 Å². The molecule has 386 valence electrons. The molecule has 0 aliphatic rings. The van der Waals surface area contributed by atoms with Gasteiger partial charge in [-0.05, 0) is 96.9 Å². The van der Waals surface area contributed by atoms with E-state index in [1.165, 1.54) is 0 Å². The van der Waals surface area contributed by atoms with Gasteiger partial charge in [0.1, 0.15) is 38.4 Å². The van der Waals surface area contributed by atoms with E-state index in [0.717, 1.165) is 85.8 Å². The number of carboxylic acids is 4. The van der Waals surface area contributed by atoms with Gasteiger partial charge in [-0.25, -0.2) is 28.3 Å². The summed E-state index contributed by atoms with van der Waals surface area (Å²) in [4.78, 5) is 74.2. The van der Waals surface area contributed by atoms with Crippen molar-refractivity contribution in [2.75, 3.05) is 0 Å². The van der Waals surface area contributed by atoms with E-state index in [1.807, 2.05) is 57.9 Å². The van der Waals surface area contributed by atoms with Crippen LogP contribution in [0.1, 0.15) is 125 Å². The number of aliphatic carboxylic acids is 4. The van der Waals surface area contributed by atoms with E-state index < -0.39 is 48.1 Å². The minimum absolute atomic E-state index is 0.00875. The third-order valence-electron chi connectivity index (χ3n) is 12.1. The highest BCUT2D eigenvalue weighted by atomic mass is 16.6. The molecule has 16 heteroatoms. The number of unbranched alkanes of at least 4 members (excludes halogenated alkanes) is 6. The first-order chi connectivity index (χ1) is 34.7. The van der Waals surface area contributed by atoms with Crippen LogP contribution in [0.2, 0.25) is 0 Å². The van der Waals surface area contributed by atoms with Gasteiger partial charge in [0, 0.05) is 37.1 Å². The predicted molar refractivity (Wildman–Crippen MR) is 263 cm³/mol. The maximum atomic E-state index is 12.5. The summed E-state index contributed by atoms with van der Waals surface area (Å²) >= 11 is 0. The van der Waals surface area contributed by atoms with Gasteiger partial charge in [0.05, 0.1) is 24.8 Å². The Labute approximate surface area is 422 Å². The van der Waals surface area contributed by atoms with Crippen LogP contribution in [0.3, 0.4) is 0 Å². The van der Waals surface area contributed by atoms with Gasteiger partial charge in [-0.3, -0.25) is 0 Å². The number of allylic oxidation sites excluding steroid dienone is 2. The molecule has 4 rings (SSSR count). The number of pyridine rings is 2. The molecule has 16 nitrogen and oxygen atoms in total. The number of aryl methyl sites for hydroxylation is 4. The number of alkyl carbamates (subject to hydrolysis) is 2. The van der Waals surface area contributed by atoms with Gasteiger partial charge >= 0.3 is 24.1 Å². The Morgan fingerprint density at radius 1 is 0.542 bits per heavy atom. The predicted octanol–water partition coefficient (Wildman–Crippen LogP) is 5.96. The lowest BCUT2D eigenvalue weighted by atomic mass is 9.93. The number of aromatic nitrogens is 2. The Balaban J connectivity index is 1.54. The lowest BCUT2D eigenvalue weighted by molar-refractivity contribution is -0.704. The van der Waals surface area contributed by atoms with Crippen molar-refractivity contribution in [3.8, 4) is 0 Å². The summed E-state index contributed by atoms with van der Waals surface area (Å²) in [6, 6.07) is 23.6. The third kappa shape index (κ3) is 21.7. The Morgan fingerprint density at radius 3 is 1.28 bits per heavy atom. The zero-order chi connectivity index (χ0) is 52.1. The van der Waals surface area contributed by atoms with Crippen molar-refractivity contribution < 1.29 is 67.8 Å². The molecule has 0 spiro atoms. The summed E-state index contributed by atoms with van der Waals surface area (Å²) in [6.45, 7) is 4.99. The number of ether oxygens (including phenoxy) is 2.